The van der Waals surface area contributed by atoms with Crippen molar-refractivity contribution in [2.24, 2.45) is 0 Å². The second-order valence-corrected chi connectivity index (χ2v) is 5.16. The average Bonchev–Trinajstić information content (AvgIpc) is 3.28. The van der Waals surface area contributed by atoms with Gasteiger partial charge in [-0.2, -0.15) is 0 Å². The lowest BCUT2D eigenvalue weighted by atomic mass is 9.96. The van der Waals surface area contributed by atoms with Crippen LogP contribution in [0.15, 0.2) is 48.7 Å². The summed E-state index contributed by atoms with van der Waals surface area (Å²) in [6.45, 7) is 0.807. The molecule has 0 bridgehead atoms. The number of nitrogens with zero attached hydrogens (tertiary/aromatic N) is 2. The molecule has 1 N–H and O–H groups in total. The standard InChI is InChI=1S/C15H15N3O2/c19-18(20)13-6-7-14(16-10-13)17-11-15(8-9-15)12-4-2-1-3-5-12/h1-7,10H,8-9,11H2,(H,16,17). The Hall–Kier alpha value is -2.43. The van der Waals surface area contributed by atoms with Gasteiger partial charge < -0.3 is 5.32 Å². The highest BCUT2D eigenvalue weighted by Crippen LogP contribution is 2.47. The van der Waals surface area contributed by atoms with Crippen LogP contribution in [0, 0.1) is 10.1 Å². The third-order valence-corrected chi connectivity index (χ3v) is 3.81. The lowest BCUT2D eigenvalue weighted by Gasteiger charge is -2.16. The van der Waals surface area contributed by atoms with Gasteiger partial charge in [-0.15, -0.1) is 0 Å². The predicted octanol–water partition coefficient (Wildman–Crippen LogP) is 3.13. The smallest absolute Gasteiger partial charge is 0.287 e. The first-order valence-corrected chi connectivity index (χ1v) is 6.59. The van der Waals surface area contributed by atoms with E-state index in [2.05, 4.69) is 34.6 Å². The second-order valence-electron chi connectivity index (χ2n) is 5.16. The molecule has 102 valence electrons. The Kier molecular flexibility index (Phi) is 3.10. The lowest BCUT2D eigenvalue weighted by molar-refractivity contribution is -0.385. The van der Waals surface area contributed by atoms with Gasteiger partial charge in [-0.25, -0.2) is 4.98 Å². The van der Waals surface area contributed by atoms with Crippen molar-refractivity contribution in [1.29, 1.82) is 0 Å². The molecular weight excluding hydrogens is 254 g/mol. The highest BCUT2D eigenvalue weighted by atomic mass is 16.6. The molecule has 0 spiro atoms. The molecule has 0 amide bonds. The van der Waals surface area contributed by atoms with Gasteiger partial charge in [0.25, 0.3) is 5.69 Å². The van der Waals surface area contributed by atoms with Crippen LogP contribution in [-0.4, -0.2) is 16.5 Å². The van der Waals surface area contributed by atoms with Crippen molar-refractivity contribution < 1.29 is 4.92 Å². The summed E-state index contributed by atoms with van der Waals surface area (Å²) < 4.78 is 0. The third-order valence-electron chi connectivity index (χ3n) is 3.81. The van der Waals surface area contributed by atoms with E-state index in [0.29, 0.717) is 5.82 Å². The van der Waals surface area contributed by atoms with Crippen molar-refractivity contribution in [3.05, 3.63) is 64.3 Å². The Morgan fingerprint density at radius 1 is 1.20 bits per heavy atom. The van der Waals surface area contributed by atoms with E-state index in [4.69, 9.17) is 0 Å². The Morgan fingerprint density at radius 2 is 1.95 bits per heavy atom. The summed E-state index contributed by atoms with van der Waals surface area (Å²) in [6, 6.07) is 13.6. The zero-order valence-electron chi connectivity index (χ0n) is 11.0. The summed E-state index contributed by atoms with van der Waals surface area (Å²) in [4.78, 5) is 14.2. The van der Waals surface area contributed by atoms with E-state index in [1.165, 1.54) is 17.8 Å². The maximum Gasteiger partial charge on any atom is 0.287 e. The largest absolute Gasteiger partial charge is 0.369 e. The maximum absolute atomic E-state index is 10.6. The fraction of sp³-hybridized carbons (Fsp3) is 0.267. The molecule has 1 heterocycles. The molecule has 1 aromatic heterocycles. The van der Waals surface area contributed by atoms with Gasteiger partial charge in [0.05, 0.1) is 4.92 Å². The normalized spacial score (nSPS) is 15.6. The summed E-state index contributed by atoms with van der Waals surface area (Å²) in [5.74, 6) is 0.679. The number of nitrogens with one attached hydrogen (secondary N) is 1. The molecule has 3 rings (SSSR count). The van der Waals surface area contributed by atoms with E-state index in [1.807, 2.05) is 6.07 Å². The number of pyridine rings is 1. The first-order valence-electron chi connectivity index (χ1n) is 6.59. The summed E-state index contributed by atoms with van der Waals surface area (Å²) in [5, 5.41) is 13.8. The molecule has 0 aliphatic heterocycles. The van der Waals surface area contributed by atoms with Crippen LogP contribution in [0.5, 0.6) is 0 Å². The molecule has 1 aliphatic carbocycles. The number of benzene rings is 1. The summed E-state index contributed by atoms with van der Waals surface area (Å²) in [5.41, 5.74) is 1.55. The van der Waals surface area contributed by atoms with Crippen LogP contribution in [0.4, 0.5) is 11.5 Å². The fourth-order valence-corrected chi connectivity index (χ4v) is 2.37. The third kappa shape index (κ3) is 2.47. The van der Waals surface area contributed by atoms with Crippen LogP contribution in [0.25, 0.3) is 0 Å². The molecule has 5 nitrogen and oxygen atoms in total. The minimum absolute atomic E-state index is 0.0137. The molecule has 1 saturated carbocycles. The highest BCUT2D eigenvalue weighted by molar-refractivity contribution is 5.42. The molecule has 1 fully saturated rings. The minimum Gasteiger partial charge on any atom is -0.369 e. The van der Waals surface area contributed by atoms with E-state index in [1.54, 1.807) is 6.07 Å². The SMILES string of the molecule is O=[N+]([O-])c1ccc(NCC2(c3ccccc3)CC2)nc1. The summed E-state index contributed by atoms with van der Waals surface area (Å²) in [6.07, 6.45) is 3.61. The molecule has 0 saturated heterocycles. The van der Waals surface area contributed by atoms with Crippen molar-refractivity contribution >= 4 is 11.5 Å². The monoisotopic (exact) mass is 269 g/mol. The topological polar surface area (TPSA) is 68.1 Å². The molecule has 0 unspecified atom stereocenters. The van der Waals surface area contributed by atoms with E-state index in [-0.39, 0.29) is 11.1 Å². The van der Waals surface area contributed by atoms with Crippen molar-refractivity contribution in [1.82, 2.24) is 4.98 Å². The predicted molar refractivity (Wildman–Crippen MR) is 76.7 cm³/mol. The van der Waals surface area contributed by atoms with Gasteiger partial charge in [0.1, 0.15) is 12.0 Å². The summed E-state index contributed by atoms with van der Waals surface area (Å²) >= 11 is 0. The fourth-order valence-electron chi connectivity index (χ4n) is 2.37. The number of aromatic nitrogens is 1. The minimum atomic E-state index is -0.441. The highest BCUT2D eigenvalue weighted by Gasteiger charge is 2.43. The van der Waals surface area contributed by atoms with E-state index >= 15 is 0 Å². The number of anilines is 1. The van der Waals surface area contributed by atoms with Crippen molar-refractivity contribution in [2.75, 3.05) is 11.9 Å². The number of rotatable bonds is 5. The first-order chi connectivity index (χ1) is 9.70. The first kappa shape index (κ1) is 12.6. The maximum atomic E-state index is 10.6. The Balaban J connectivity index is 1.66. The van der Waals surface area contributed by atoms with E-state index in [0.717, 1.165) is 19.4 Å². The van der Waals surface area contributed by atoms with Crippen LogP contribution in [0.2, 0.25) is 0 Å². The Bertz CT molecular complexity index is 607. The number of nitro groups is 1. The van der Waals surface area contributed by atoms with Crippen LogP contribution < -0.4 is 5.32 Å². The molecule has 20 heavy (non-hydrogen) atoms. The molecular formula is C15H15N3O2. The van der Waals surface area contributed by atoms with Gasteiger partial charge >= 0.3 is 0 Å². The van der Waals surface area contributed by atoms with Crippen LogP contribution >= 0.6 is 0 Å². The van der Waals surface area contributed by atoms with Gasteiger partial charge in [0.15, 0.2) is 0 Å². The Morgan fingerprint density at radius 3 is 2.50 bits per heavy atom. The molecule has 1 aliphatic rings. The van der Waals surface area contributed by atoms with Gasteiger partial charge in [-0.3, -0.25) is 10.1 Å². The van der Waals surface area contributed by atoms with Gasteiger partial charge in [0, 0.05) is 18.0 Å². The van der Waals surface area contributed by atoms with Gasteiger partial charge in [-0.1, -0.05) is 30.3 Å². The van der Waals surface area contributed by atoms with E-state index in [9.17, 15) is 10.1 Å². The van der Waals surface area contributed by atoms with Crippen molar-refractivity contribution in [2.45, 2.75) is 18.3 Å². The zero-order chi connectivity index (χ0) is 14.0. The van der Waals surface area contributed by atoms with Crippen molar-refractivity contribution in [3.63, 3.8) is 0 Å². The molecule has 0 atom stereocenters. The quantitative estimate of drug-likeness (QED) is 0.668. The molecule has 1 aromatic carbocycles. The van der Waals surface area contributed by atoms with Crippen molar-refractivity contribution in [3.8, 4) is 0 Å². The number of hydrogen-bond acceptors (Lipinski definition) is 4. The van der Waals surface area contributed by atoms with Crippen LogP contribution in [-0.2, 0) is 5.41 Å². The lowest BCUT2D eigenvalue weighted by Crippen LogP contribution is -2.19. The average molecular weight is 269 g/mol. The van der Waals surface area contributed by atoms with Crippen LogP contribution in [0.1, 0.15) is 18.4 Å². The van der Waals surface area contributed by atoms with Gasteiger partial charge in [0.2, 0.25) is 0 Å². The second kappa shape index (κ2) is 4.92. The van der Waals surface area contributed by atoms with Gasteiger partial charge in [-0.05, 0) is 24.5 Å². The Labute approximate surface area is 116 Å². The molecule has 0 radical (unpaired) electrons. The van der Waals surface area contributed by atoms with E-state index < -0.39 is 4.92 Å². The molecule has 2 aromatic rings. The zero-order valence-corrected chi connectivity index (χ0v) is 11.0. The van der Waals surface area contributed by atoms with Crippen LogP contribution in [0.3, 0.4) is 0 Å². The number of hydrogen-bond donors (Lipinski definition) is 1. The molecule has 5 heteroatoms. The summed E-state index contributed by atoms with van der Waals surface area (Å²) in [7, 11) is 0.